The van der Waals surface area contributed by atoms with Gasteiger partial charge in [-0.2, -0.15) is 0 Å². The zero-order valence-electron chi connectivity index (χ0n) is 63.5. The van der Waals surface area contributed by atoms with Gasteiger partial charge < -0.3 is 37.5 Å². The first kappa shape index (κ1) is 71.3. The van der Waals surface area contributed by atoms with Gasteiger partial charge in [0.15, 0.2) is 0 Å². The zero-order valence-corrected chi connectivity index (χ0v) is 63.5. The smallest absolute Gasteiger partial charge is 0.455 e. The number of rotatable bonds is 15. The minimum Gasteiger partial charge on any atom is -0.455 e. The maximum atomic E-state index is 8.72. The molecular weight excluding hydrogens is 1420 g/mol. The number of aryl methyl sites for hydroxylation is 1. The highest BCUT2D eigenvalue weighted by Crippen LogP contribution is 2.45. The predicted octanol–water partition coefficient (Wildman–Crippen LogP) is 28.9. The number of para-hydroxylation sites is 8. The summed E-state index contributed by atoms with van der Waals surface area (Å²) < 4.78 is 25.5. The molecule has 0 bridgehead atoms. The summed E-state index contributed by atoms with van der Waals surface area (Å²) in [7, 11) is -1.38. The van der Waals surface area contributed by atoms with E-state index in [4.69, 9.17) is 27.7 Å². The molecule has 21 rings (SSSR count). The summed E-state index contributed by atoms with van der Waals surface area (Å²) in [4.78, 5) is 4.62. The summed E-state index contributed by atoms with van der Waals surface area (Å²) in [6.45, 7) is 9.60. The van der Waals surface area contributed by atoms with E-state index >= 15 is 0 Å². The molecule has 0 unspecified atom stereocenters. The Morgan fingerprint density at radius 1 is 0.233 bits per heavy atom. The van der Waals surface area contributed by atoms with Gasteiger partial charge in [0.25, 0.3) is 0 Å². The highest BCUT2D eigenvalue weighted by Gasteiger charge is 2.22. The molecule has 4 heterocycles. The summed E-state index contributed by atoms with van der Waals surface area (Å²) >= 11 is 0. The molecule has 0 amide bonds. The highest BCUT2D eigenvalue weighted by atomic mass is 16.4. The molecule has 0 aliphatic heterocycles. The lowest BCUT2D eigenvalue weighted by molar-refractivity contribution is 0.426. The van der Waals surface area contributed by atoms with Crippen LogP contribution >= 0.6 is 0 Å². The van der Waals surface area contributed by atoms with Crippen molar-refractivity contribution >= 4 is 147 Å². The molecule has 8 nitrogen and oxygen atoms in total. The highest BCUT2D eigenvalue weighted by molar-refractivity contribution is 6.58. The largest absolute Gasteiger partial charge is 0.488 e. The van der Waals surface area contributed by atoms with Crippen molar-refractivity contribution in [1.82, 2.24) is 0 Å². The minimum atomic E-state index is -1.38. The Hall–Kier alpha value is -15.0. The van der Waals surface area contributed by atoms with Gasteiger partial charge >= 0.3 is 7.12 Å². The fraction of sp³-hybridized carbons (Fsp3) is 0.00935. The van der Waals surface area contributed by atoms with Gasteiger partial charge in [-0.05, 0) is 165 Å². The lowest BCUT2D eigenvalue weighted by Crippen LogP contribution is -2.29. The van der Waals surface area contributed by atoms with Crippen molar-refractivity contribution in [3.8, 4) is 66.8 Å². The van der Waals surface area contributed by atoms with Gasteiger partial charge in [-0.1, -0.05) is 322 Å². The predicted molar refractivity (Wildman–Crippen MR) is 485 cm³/mol. The van der Waals surface area contributed by atoms with E-state index in [1.807, 2.05) is 54.6 Å². The molecule has 0 spiro atoms. The topological polar surface area (TPSA) is 99.5 Å². The maximum Gasteiger partial charge on any atom is 0.488 e. The monoisotopic (exact) mass is 1490 g/mol. The van der Waals surface area contributed by atoms with Gasteiger partial charge in [0.05, 0.1) is 0 Å². The van der Waals surface area contributed by atoms with Gasteiger partial charge in [0.2, 0.25) is 0 Å². The number of anilines is 6. The first-order chi connectivity index (χ1) is 57.1. The van der Waals surface area contributed by atoms with Crippen LogP contribution in [0.5, 0.6) is 0 Å². The Labute approximate surface area is 671 Å². The van der Waals surface area contributed by atoms with Crippen molar-refractivity contribution in [2.24, 2.45) is 0 Å². The minimum absolute atomic E-state index is 0.496. The van der Waals surface area contributed by atoms with Crippen molar-refractivity contribution in [3.05, 3.63) is 418 Å². The first-order valence-corrected chi connectivity index (χ1v) is 38.9. The second-order valence-corrected chi connectivity index (χ2v) is 29.0. The lowest BCUT2D eigenvalue weighted by Gasteiger charge is -2.26. The molecule has 0 saturated heterocycles. The Morgan fingerprint density at radius 2 is 0.448 bits per heavy atom. The molecule has 17 aromatic carbocycles. The van der Waals surface area contributed by atoms with Crippen LogP contribution in [0.3, 0.4) is 0 Å². The summed E-state index contributed by atoms with van der Waals surface area (Å²) in [6, 6.07) is 135. The quantitative estimate of drug-likeness (QED) is 0.0980. The molecule has 9 heteroatoms. The number of hydrogen-bond acceptors (Lipinski definition) is 8. The van der Waals surface area contributed by atoms with Gasteiger partial charge in [0.1, 0.15) is 44.7 Å². The number of benzene rings is 17. The molecule has 2 N–H and O–H groups in total. The van der Waals surface area contributed by atoms with E-state index in [1.165, 1.54) is 22.3 Å². The van der Waals surface area contributed by atoms with Crippen LogP contribution in [0.4, 0.5) is 34.1 Å². The fourth-order valence-corrected chi connectivity index (χ4v) is 15.9. The van der Waals surface area contributed by atoms with E-state index in [-0.39, 0.29) is 0 Å². The maximum absolute atomic E-state index is 8.72. The second-order valence-electron chi connectivity index (χ2n) is 29.0. The summed E-state index contributed by atoms with van der Waals surface area (Å²) in [5, 5.41) is 26.5. The standard InChI is InChI=1S/C50H33NO2.C49H33NO2.C8H9BO2/c1-2-33-17-19-34(20-18-33)35-21-27-38(28-22-35)51(39-29-23-36(24-30-39)41-11-7-13-45-43-9-3-5-15-47(43)52-49(41)45)40-31-25-37(26-32-40)42-12-8-14-46-44-10-4-6-16-48(44)53-50(42)46;1-32-16-18-33(19-17-32)34-20-26-37(27-21-34)50(38-28-22-35(23-29-38)40-10-6-12-44-42-8-2-4-14-46(42)51-48(40)44)39-30-24-36(25-31-39)41-11-7-13-45-43-9-3-5-15-47(43)52-49(41)45;1-2-7-3-5-8(6-4-7)9(10)11/h2-32H,1H2;2-31H,1H3;2-6,10-11H,1H2. The van der Waals surface area contributed by atoms with Crippen LogP contribution in [-0.2, 0) is 0 Å². The summed E-state index contributed by atoms with van der Waals surface area (Å²) in [5.41, 5.74) is 30.9. The third-order valence-corrected chi connectivity index (χ3v) is 21.9. The molecule has 0 radical (unpaired) electrons. The van der Waals surface area contributed by atoms with Gasteiger partial charge in [0, 0.05) is 99.5 Å². The Kier molecular flexibility index (Phi) is 19.0. The van der Waals surface area contributed by atoms with Crippen molar-refractivity contribution in [3.63, 3.8) is 0 Å². The van der Waals surface area contributed by atoms with Crippen LogP contribution in [0.2, 0.25) is 0 Å². The van der Waals surface area contributed by atoms with E-state index < -0.39 is 7.12 Å². The zero-order chi connectivity index (χ0) is 78.2. The van der Waals surface area contributed by atoms with Crippen LogP contribution in [0, 0.1) is 6.92 Å². The van der Waals surface area contributed by atoms with Crippen LogP contribution in [0.15, 0.2) is 419 Å². The van der Waals surface area contributed by atoms with Crippen LogP contribution in [0.25, 0.3) is 167 Å². The van der Waals surface area contributed by atoms with Crippen LogP contribution < -0.4 is 15.3 Å². The van der Waals surface area contributed by atoms with Gasteiger partial charge in [-0.15, -0.1) is 0 Å². The van der Waals surface area contributed by atoms with Gasteiger partial charge in [-0.3, -0.25) is 0 Å². The number of furan rings is 4. The van der Waals surface area contributed by atoms with E-state index in [9.17, 15) is 0 Å². The van der Waals surface area contributed by atoms with E-state index in [0.29, 0.717) is 5.46 Å². The Bertz CT molecular complexity index is 6850. The summed E-state index contributed by atoms with van der Waals surface area (Å²) in [5.74, 6) is 0. The van der Waals surface area contributed by atoms with Crippen molar-refractivity contribution in [2.45, 2.75) is 6.92 Å². The molecule has 0 atom stereocenters. The second kappa shape index (κ2) is 30.9. The van der Waals surface area contributed by atoms with Gasteiger partial charge in [-0.25, -0.2) is 0 Å². The average Bonchev–Trinajstić information content (AvgIpc) is 1.48. The average molecular weight is 1500 g/mol. The molecule has 4 aromatic heterocycles. The molecule has 0 aliphatic carbocycles. The fourth-order valence-electron chi connectivity index (χ4n) is 15.9. The molecule has 0 aliphatic rings. The van der Waals surface area contributed by atoms with Crippen molar-refractivity contribution < 1.29 is 27.7 Å². The molecule has 21 aromatic rings. The molecule has 116 heavy (non-hydrogen) atoms. The summed E-state index contributed by atoms with van der Waals surface area (Å²) in [6.07, 6.45) is 3.57. The van der Waals surface area contributed by atoms with E-state index in [1.54, 1.807) is 30.3 Å². The molecule has 0 fully saturated rings. The van der Waals surface area contributed by atoms with E-state index in [2.05, 4.69) is 345 Å². The molecule has 552 valence electrons. The van der Waals surface area contributed by atoms with Crippen LogP contribution in [0.1, 0.15) is 16.7 Å². The normalized spacial score (nSPS) is 11.3. The number of fused-ring (bicyclic) bond motifs is 12. The lowest BCUT2D eigenvalue weighted by atomic mass is 9.80. The Morgan fingerprint density at radius 3 is 0.698 bits per heavy atom. The third kappa shape index (κ3) is 13.7. The third-order valence-electron chi connectivity index (χ3n) is 21.9. The molecular formula is C107H75BN2O6. The number of nitrogens with zero attached hydrogens (tertiary/aromatic N) is 2. The Balaban J connectivity index is 0.000000137. The van der Waals surface area contributed by atoms with E-state index in [0.717, 1.165) is 183 Å². The molecule has 0 saturated carbocycles. The van der Waals surface area contributed by atoms with Crippen LogP contribution in [-0.4, -0.2) is 17.2 Å². The van der Waals surface area contributed by atoms with Crippen molar-refractivity contribution in [2.75, 3.05) is 9.80 Å². The first-order valence-electron chi connectivity index (χ1n) is 38.9. The SMILES string of the molecule is C=Cc1ccc(-c2ccc(N(c3ccc(-c4cccc5c4oc4ccccc45)cc3)c3ccc(-c4cccc5c4oc4ccccc45)cc3)cc2)cc1.C=Cc1ccc(B(O)O)cc1.Cc1ccc(-c2ccc(N(c3ccc(-c4cccc5c4oc4ccccc45)cc3)c3ccc(-c4cccc5c4oc4ccccc45)cc3)cc2)cc1. The number of hydrogen-bond donors (Lipinski definition) is 2. The van der Waals surface area contributed by atoms with Crippen molar-refractivity contribution in [1.29, 1.82) is 0 Å².